The number of hydrogen-bond acceptors (Lipinski definition) is 2. The van der Waals surface area contributed by atoms with Crippen molar-refractivity contribution in [1.29, 1.82) is 0 Å². The summed E-state index contributed by atoms with van der Waals surface area (Å²) in [5, 5.41) is 0. The van der Waals surface area contributed by atoms with Gasteiger partial charge >= 0.3 is 0 Å². The Hall–Kier alpha value is -1.51. The Morgan fingerprint density at radius 2 is 2.08 bits per heavy atom. The number of hydrogen-bond donors (Lipinski definition) is 0. The summed E-state index contributed by atoms with van der Waals surface area (Å²) in [6.07, 6.45) is 0. The summed E-state index contributed by atoms with van der Waals surface area (Å²) in [4.78, 5) is 6.46. The van der Waals surface area contributed by atoms with Crippen LogP contribution in [0.25, 0.3) is 5.70 Å². The van der Waals surface area contributed by atoms with Gasteiger partial charge in [-0.2, -0.15) is 0 Å². The molecule has 1 aliphatic heterocycles. The van der Waals surface area contributed by atoms with E-state index in [1.807, 2.05) is 44.0 Å². The molecular formula is C10H11BN2. The molecule has 2 rings (SSSR count). The van der Waals surface area contributed by atoms with Crippen LogP contribution in [-0.2, 0) is 0 Å². The summed E-state index contributed by atoms with van der Waals surface area (Å²) in [7, 11) is 1.98. The van der Waals surface area contributed by atoms with Crippen LogP contribution >= 0.6 is 0 Å². The van der Waals surface area contributed by atoms with Crippen LogP contribution in [0.4, 0.5) is 5.69 Å². The third-order valence-electron chi connectivity index (χ3n) is 2.39. The second-order valence-electron chi connectivity index (χ2n) is 3.18. The van der Waals surface area contributed by atoms with Gasteiger partial charge in [0.2, 0.25) is 7.98 Å². The van der Waals surface area contributed by atoms with Crippen molar-refractivity contribution >= 4 is 25.2 Å². The Morgan fingerprint density at radius 1 is 1.38 bits per heavy atom. The van der Waals surface area contributed by atoms with Gasteiger partial charge in [0.1, 0.15) is 0 Å². The first-order valence-corrected chi connectivity index (χ1v) is 4.27. The highest BCUT2D eigenvalue weighted by Crippen LogP contribution is 2.31. The van der Waals surface area contributed by atoms with Crippen LogP contribution in [-0.4, -0.2) is 18.6 Å². The summed E-state index contributed by atoms with van der Waals surface area (Å²) < 4.78 is 0. The van der Waals surface area contributed by atoms with Crippen molar-refractivity contribution in [1.82, 2.24) is 4.81 Å². The lowest BCUT2D eigenvalue weighted by Gasteiger charge is -2.27. The maximum atomic E-state index is 4.46. The zero-order valence-corrected chi connectivity index (χ0v) is 7.91. The van der Waals surface area contributed by atoms with E-state index in [-0.39, 0.29) is 0 Å². The van der Waals surface area contributed by atoms with Crippen LogP contribution in [0.2, 0.25) is 0 Å². The van der Waals surface area contributed by atoms with E-state index in [0.29, 0.717) is 0 Å². The topological polar surface area (TPSA) is 15.6 Å². The number of rotatable bonds is 0. The molecule has 0 atom stereocenters. The molecular weight excluding hydrogens is 159 g/mol. The van der Waals surface area contributed by atoms with Crippen molar-refractivity contribution in [2.45, 2.75) is 6.92 Å². The van der Waals surface area contributed by atoms with Crippen molar-refractivity contribution < 1.29 is 0 Å². The van der Waals surface area contributed by atoms with E-state index in [0.717, 1.165) is 22.8 Å². The van der Waals surface area contributed by atoms with E-state index in [1.165, 1.54) is 0 Å². The second-order valence-corrected chi connectivity index (χ2v) is 3.18. The normalized spacial score (nSPS) is 15.3. The number of nitrogens with zero attached hydrogens (tertiary/aromatic N) is 2. The van der Waals surface area contributed by atoms with E-state index >= 15 is 0 Å². The van der Waals surface area contributed by atoms with E-state index in [1.54, 1.807) is 0 Å². The second kappa shape index (κ2) is 2.77. The Labute approximate surface area is 79.0 Å². The fraction of sp³-hybridized carbons (Fsp3) is 0.100. The molecule has 0 saturated heterocycles. The van der Waals surface area contributed by atoms with Crippen LogP contribution in [0.1, 0.15) is 12.5 Å². The van der Waals surface area contributed by atoms with Gasteiger partial charge in [-0.25, -0.2) is 4.99 Å². The van der Waals surface area contributed by atoms with Gasteiger partial charge in [0.15, 0.2) is 0 Å². The molecule has 2 nitrogen and oxygen atoms in total. The average Bonchev–Trinajstić information content (AvgIpc) is 2.15. The summed E-state index contributed by atoms with van der Waals surface area (Å²) in [5.74, 6) is 0.990. The highest BCUT2D eigenvalue weighted by molar-refractivity contribution is 6.22. The minimum absolute atomic E-state index is 0.990. The first-order valence-electron chi connectivity index (χ1n) is 4.27. The lowest BCUT2D eigenvalue weighted by Crippen LogP contribution is -2.26. The maximum absolute atomic E-state index is 4.46. The summed E-state index contributed by atoms with van der Waals surface area (Å²) in [5.41, 5.74) is 3.15. The lowest BCUT2D eigenvalue weighted by atomic mass is 10.0. The predicted octanol–water partition coefficient (Wildman–Crippen LogP) is 1.57. The third kappa shape index (κ3) is 1.17. The van der Waals surface area contributed by atoms with Gasteiger partial charge in [-0.1, -0.05) is 24.8 Å². The number of para-hydroxylation sites is 1. The molecule has 1 aromatic carbocycles. The fourth-order valence-electron chi connectivity index (χ4n) is 1.44. The number of benzene rings is 1. The Morgan fingerprint density at radius 3 is 2.85 bits per heavy atom. The molecule has 0 N–H and O–H groups in total. The Balaban J connectivity index is 2.63. The molecule has 0 amide bonds. The smallest absolute Gasteiger partial charge is 0.225 e. The van der Waals surface area contributed by atoms with Gasteiger partial charge in [0, 0.05) is 11.3 Å². The number of fused-ring (bicyclic) bond motifs is 1. The van der Waals surface area contributed by atoms with Gasteiger partial charge in [-0.3, -0.25) is 0 Å². The summed E-state index contributed by atoms with van der Waals surface area (Å²) in [6.45, 7) is 6.02. The molecule has 0 bridgehead atoms. The number of aliphatic imine (C=N–C) groups is 1. The van der Waals surface area contributed by atoms with Crippen LogP contribution in [0.15, 0.2) is 35.8 Å². The van der Waals surface area contributed by atoms with Gasteiger partial charge in [0.25, 0.3) is 0 Å². The summed E-state index contributed by atoms with van der Waals surface area (Å²) in [6, 6.07) is 8.06. The first kappa shape index (κ1) is 8.11. The number of amidine groups is 1. The lowest BCUT2D eigenvalue weighted by molar-refractivity contribution is 0.910. The Bertz CT molecular complexity index is 396. The van der Waals surface area contributed by atoms with Gasteiger partial charge in [-0.15, -0.1) is 0 Å². The summed E-state index contributed by atoms with van der Waals surface area (Å²) >= 11 is 0. The SMILES string of the molecule is BN1C(=C)c2ccccc2N=C1C. The van der Waals surface area contributed by atoms with Crippen molar-refractivity contribution in [3.05, 3.63) is 36.4 Å². The van der Waals surface area contributed by atoms with Gasteiger partial charge in [-0.05, 0) is 13.0 Å². The van der Waals surface area contributed by atoms with Crippen molar-refractivity contribution in [2.24, 2.45) is 4.99 Å². The third-order valence-corrected chi connectivity index (χ3v) is 2.39. The monoisotopic (exact) mass is 170 g/mol. The van der Waals surface area contributed by atoms with Crippen LogP contribution in [0, 0.1) is 0 Å². The quantitative estimate of drug-likeness (QED) is 0.539. The van der Waals surface area contributed by atoms with Crippen LogP contribution in [0.3, 0.4) is 0 Å². The standard InChI is InChI=1S/C10H11BN2/c1-7-9-5-3-4-6-10(9)12-8(2)13(7)11/h3-6H,1,11H2,2H3. The van der Waals surface area contributed by atoms with Gasteiger partial charge < -0.3 is 4.81 Å². The molecule has 0 fully saturated rings. The minimum Gasteiger partial charge on any atom is -0.383 e. The molecule has 64 valence electrons. The highest BCUT2D eigenvalue weighted by atomic mass is 15.1. The molecule has 0 unspecified atom stereocenters. The van der Waals surface area contributed by atoms with Crippen molar-refractivity contribution in [2.75, 3.05) is 0 Å². The van der Waals surface area contributed by atoms with Crippen LogP contribution < -0.4 is 0 Å². The van der Waals surface area contributed by atoms with Crippen molar-refractivity contribution in [3.63, 3.8) is 0 Å². The minimum atomic E-state index is 0.990. The molecule has 3 heteroatoms. The molecule has 0 aromatic heterocycles. The van der Waals surface area contributed by atoms with Crippen molar-refractivity contribution in [3.8, 4) is 0 Å². The average molecular weight is 170 g/mol. The molecule has 1 heterocycles. The fourth-order valence-corrected chi connectivity index (χ4v) is 1.44. The molecule has 13 heavy (non-hydrogen) atoms. The zero-order chi connectivity index (χ0) is 9.42. The van der Waals surface area contributed by atoms with E-state index in [2.05, 4.69) is 11.6 Å². The molecule has 0 aliphatic carbocycles. The molecule has 0 spiro atoms. The van der Waals surface area contributed by atoms with E-state index in [4.69, 9.17) is 0 Å². The predicted molar refractivity (Wildman–Crippen MR) is 58.6 cm³/mol. The molecule has 1 aromatic rings. The first-order chi connectivity index (χ1) is 6.20. The zero-order valence-electron chi connectivity index (χ0n) is 7.91. The molecule has 1 aliphatic rings. The molecule has 0 saturated carbocycles. The van der Waals surface area contributed by atoms with Gasteiger partial charge in [0.05, 0.1) is 11.5 Å². The van der Waals surface area contributed by atoms with E-state index in [9.17, 15) is 0 Å². The van der Waals surface area contributed by atoms with E-state index < -0.39 is 0 Å². The van der Waals surface area contributed by atoms with Crippen LogP contribution in [0.5, 0.6) is 0 Å². The molecule has 0 radical (unpaired) electrons. The Kier molecular flexibility index (Phi) is 1.73. The maximum Gasteiger partial charge on any atom is 0.225 e. The highest BCUT2D eigenvalue weighted by Gasteiger charge is 2.15. The largest absolute Gasteiger partial charge is 0.383 e.